The van der Waals surface area contributed by atoms with E-state index in [2.05, 4.69) is 4.98 Å². The molecule has 0 radical (unpaired) electrons. The first kappa shape index (κ1) is 17.1. The Morgan fingerprint density at radius 1 is 1.48 bits per heavy atom. The van der Waals surface area contributed by atoms with Gasteiger partial charge in [-0.2, -0.15) is 11.8 Å². The quantitative estimate of drug-likeness (QED) is 0.877. The first-order valence-corrected chi connectivity index (χ1v) is 10.8. The first-order chi connectivity index (χ1) is 9.90. The van der Waals surface area contributed by atoms with Crippen molar-refractivity contribution < 1.29 is 13.5 Å². The van der Waals surface area contributed by atoms with Crippen LogP contribution in [0.5, 0.6) is 0 Å². The number of aromatic nitrogens is 1. The number of thiazole rings is 1. The van der Waals surface area contributed by atoms with Gasteiger partial charge in [-0.1, -0.05) is 32.1 Å². The van der Waals surface area contributed by atoms with Crippen molar-refractivity contribution in [2.75, 3.05) is 28.7 Å². The third-order valence-electron chi connectivity index (χ3n) is 3.55. The van der Waals surface area contributed by atoms with E-state index in [0.717, 1.165) is 21.5 Å². The highest BCUT2D eigenvalue weighted by molar-refractivity contribution is 8.01. The molecule has 1 aliphatic rings. The van der Waals surface area contributed by atoms with Crippen LogP contribution in [0, 0.1) is 0 Å². The number of aliphatic hydroxyl groups is 1. The summed E-state index contributed by atoms with van der Waals surface area (Å²) in [6.07, 6.45) is 0. The van der Waals surface area contributed by atoms with E-state index in [1.54, 1.807) is 18.7 Å². The molecule has 2 rings (SSSR count). The predicted octanol–water partition coefficient (Wildman–Crippen LogP) is 2.07. The summed E-state index contributed by atoms with van der Waals surface area (Å²) in [6.45, 7) is 6.39. The number of thioether (sulfide) groups is 1. The molecule has 2 heterocycles. The van der Waals surface area contributed by atoms with E-state index in [-0.39, 0.29) is 18.3 Å². The minimum Gasteiger partial charge on any atom is -0.391 e. The molecule has 0 spiro atoms. The highest BCUT2D eigenvalue weighted by Crippen LogP contribution is 2.34. The molecule has 5 nitrogen and oxygen atoms in total. The van der Waals surface area contributed by atoms with E-state index in [1.165, 1.54) is 11.3 Å². The minimum atomic E-state index is -3.14. The number of rotatable bonds is 5. The lowest BCUT2D eigenvalue weighted by molar-refractivity contribution is 0.283. The first-order valence-electron chi connectivity index (χ1n) is 7.07. The Morgan fingerprint density at radius 2 is 2.19 bits per heavy atom. The second kappa shape index (κ2) is 6.85. The van der Waals surface area contributed by atoms with Crippen molar-refractivity contribution >= 4 is 38.1 Å². The standard InChI is InChI=1S/C13H22N2O3S3/c1-4-21(17,18)11-8-19-6-5-15(11)13-14-12(9(2)3)10(7-16)20-13/h9,11,16H,4-8H2,1-3H3. The molecule has 1 N–H and O–H groups in total. The molecule has 1 atom stereocenters. The molecule has 1 saturated heterocycles. The molecule has 0 amide bonds. The van der Waals surface area contributed by atoms with Crippen LogP contribution in [0.25, 0.3) is 0 Å². The van der Waals surface area contributed by atoms with Crippen LogP contribution >= 0.6 is 23.1 Å². The third kappa shape index (κ3) is 3.55. The third-order valence-corrected chi connectivity index (χ3v) is 7.94. The number of nitrogens with zero attached hydrogens (tertiary/aromatic N) is 2. The van der Waals surface area contributed by atoms with Crippen LogP contribution in [-0.2, 0) is 16.4 Å². The van der Waals surface area contributed by atoms with Gasteiger partial charge in [0.05, 0.1) is 17.2 Å². The van der Waals surface area contributed by atoms with Crippen LogP contribution in [0.15, 0.2) is 0 Å². The molecule has 0 bridgehead atoms. The summed E-state index contributed by atoms with van der Waals surface area (Å²) in [7, 11) is -3.14. The summed E-state index contributed by atoms with van der Waals surface area (Å²) < 4.78 is 24.6. The van der Waals surface area contributed by atoms with Gasteiger partial charge in [-0.05, 0) is 5.92 Å². The van der Waals surface area contributed by atoms with Crippen LogP contribution in [0.2, 0.25) is 0 Å². The number of aliphatic hydroxyl groups excluding tert-OH is 1. The van der Waals surface area contributed by atoms with Crippen LogP contribution < -0.4 is 4.90 Å². The van der Waals surface area contributed by atoms with Crippen LogP contribution in [0.1, 0.15) is 37.3 Å². The number of hydrogen-bond acceptors (Lipinski definition) is 7. The zero-order valence-corrected chi connectivity index (χ0v) is 15.0. The van der Waals surface area contributed by atoms with Gasteiger partial charge in [0.1, 0.15) is 5.37 Å². The highest BCUT2D eigenvalue weighted by Gasteiger charge is 2.35. The molecule has 21 heavy (non-hydrogen) atoms. The van der Waals surface area contributed by atoms with Crippen LogP contribution in [0.3, 0.4) is 0 Å². The Kier molecular flexibility index (Phi) is 5.56. The molecule has 0 saturated carbocycles. The van der Waals surface area contributed by atoms with Gasteiger partial charge in [-0.15, -0.1) is 0 Å². The largest absolute Gasteiger partial charge is 0.391 e. The highest BCUT2D eigenvalue weighted by atomic mass is 32.2. The van der Waals surface area contributed by atoms with Crippen molar-refractivity contribution in [1.29, 1.82) is 0 Å². The molecular weight excluding hydrogens is 328 g/mol. The van der Waals surface area contributed by atoms with E-state index in [0.29, 0.717) is 12.3 Å². The number of anilines is 1. The molecule has 1 aromatic rings. The zero-order chi connectivity index (χ0) is 15.6. The summed E-state index contributed by atoms with van der Waals surface area (Å²) in [6, 6.07) is 0. The monoisotopic (exact) mass is 350 g/mol. The van der Waals surface area contributed by atoms with Gasteiger partial charge in [0.25, 0.3) is 0 Å². The summed E-state index contributed by atoms with van der Waals surface area (Å²) >= 11 is 3.09. The SMILES string of the molecule is CCS(=O)(=O)C1CSCCN1c1nc(C(C)C)c(CO)s1. The summed E-state index contributed by atoms with van der Waals surface area (Å²) in [5.74, 6) is 1.85. The molecule has 0 aliphatic carbocycles. The van der Waals surface area contributed by atoms with E-state index < -0.39 is 15.2 Å². The Balaban J connectivity index is 2.38. The molecule has 120 valence electrons. The lowest BCUT2D eigenvalue weighted by Crippen LogP contribution is -2.48. The molecule has 0 aromatic carbocycles. The fraction of sp³-hybridized carbons (Fsp3) is 0.769. The van der Waals surface area contributed by atoms with Crippen molar-refractivity contribution in [3.8, 4) is 0 Å². The smallest absolute Gasteiger partial charge is 0.187 e. The predicted molar refractivity (Wildman–Crippen MR) is 90.0 cm³/mol. The van der Waals surface area contributed by atoms with Crippen molar-refractivity contribution in [2.45, 2.75) is 38.7 Å². The summed E-state index contributed by atoms with van der Waals surface area (Å²) in [4.78, 5) is 7.36. The molecule has 1 unspecified atom stereocenters. The average molecular weight is 351 g/mol. The van der Waals surface area contributed by atoms with Gasteiger partial charge in [-0.25, -0.2) is 13.4 Å². The van der Waals surface area contributed by atoms with E-state index in [4.69, 9.17) is 0 Å². The fourth-order valence-electron chi connectivity index (χ4n) is 2.33. The van der Waals surface area contributed by atoms with Crippen LogP contribution in [0.4, 0.5) is 5.13 Å². The maximum absolute atomic E-state index is 12.3. The Morgan fingerprint density at radius 3 is 2.71 bits per heavy atom. The summed E-state index contributed by atoms with van der Waals surface area (Å²) in [5, 5.41) is 9.71. The zero-order valence-electron chi connectivity index (χ0n) is 12.6. The van der Waals surface area contributed by atoms with Crippen molar-refractivity contribution in [3.63, 3.8) is 0 Å². The topological polar surface area (TPSA) is 70.5 Å². The number of sulfone groups is 1. The lowest BCUT2D eigenvalue weighted by atomic mass is 10.1. The molecule has 1 fully saturated rings. The van der Waals surface area contributed by atoms with E-state index >= 15 is 0 Å². The summed E-state index contributed by atoms with van der Waals surface area (Å²) in [5.41, 5.74) is 0.878. The Bertz CT molecular complexity index is 583. The molecule has 8 heteroatoms. The minimum absolute atomic E-state index is 0.0427. The van der Waals surface area contributed by atoms with E-state index in [1.807, 2.05) is 18.7 Å². The van der Waals surface area contributed by atoms with Gasteiger partial charge in [0.15, 0.2) is 15.0 Å². The van der Waals surface area contributed by atoms with Gasteiger partial charge < -0.3 is 10.0 Å². The van der Waals surface area contributed by atoms with Crippen molar-refractivity contribution in [3.05, 3.63) is 10.6 Å². The van der Waals surface area contributed by atoms with Crippen molar-refractivity contribution in [1.82, 2.24) is 4.98 Å². The van der Waals surface area contributed by atoms with Gasteiger partial charge >= 0.3 is 0 Å². The molecule has 1 aliphatic heterocycles. The Labute approximate surface area is 134 Å². The van der Waals surface area contributed by atoms with Gasteiger partial charge in [0, 0.05) is 23.8 Å². The lowest BCUT2D eigenvalue weighted by Gasteiger charge is -2.34. The van der Waals surface area contributed by atoms with Crippen molar-refractivity contribution in [2.24, 2.45) is 0 Å². The average Bonchev–Trinajstić information content (AvgIpc) is 2.91. The maximum atomic E-state index is 12.3. The second-order valence-electron chi connectivity index (χ2n) is 5.29. The number of hydrogen-bond donors (Lipinski definition) is 1. The second-order valence-corrected chi connectivity index (χ2v) is 9.95. The normalized spacial score (nSPS) is 20.2. The van der Waals surface area contributed by atoms with Crippen LogP contribution in [-0.4, -0.2) is 47.7 Å². The van der Waals surface area contributed by atoms with Gasteiger partial charge in [-0.3, -0.25) is 0 Å². The molecular formula is C13H22N2O3S3. The molecule has 1 aromatic heterocycles. The maximum Gasteiger partial charge on any atom is 0.187 e. The van der Waals surface area contributed by atoms with E-state index in [9.17, 15) is 13.5 Å². The fourth-order valence-corrected chi connectivity index (χ4v) is 6.51. The Hall–Kier alpha value is -0.310. The van der Waals surface area contributed by atoms with Gasteiger partial charge in [0.2, 0.25) is 0 Å².